The number of ether oxygens (including phenoxy) is 1. The zero-order valence-electron chi connectivity index (χ0n) is 14.5. The third-order valence-electron chi connectivity index (χ3n) is 4.40. The molecule has 0 aliphatic rings. The van der Waals surface area contributed by atoms with Crippen molar-refractivity contribution in [3.63, 3.8) is 0 Å². The van der Waals surface area contributed by atoms with Crippen molar-refractivity contribution in [2.24, 2.45) is 0 Å². The van der Waals surface area contributed by atoms with Gasteiger partial charge in [-0.25, -0.2) is 0 Å². The van der Waals surface area contributed by atoms with E-state index in [-0.39, 0.29) is 5.75 Å². The van der Waals surface area contributed by atoms with Gasteiger partial charge in [-0.05, 0) is 71.3 Å². The van der Waals surface area contributed by atoms with Gasteiger partial charge >= 0.3 is 6.36 Å². The second-order valence-electron chi connectivity index (χ2n) is 6.43. The molecule has 140 valence electrons. The second kappa shape index (κ2) is 7.88. The lowest BCUT2D eigenvalue weighted by atomic mass is 9.74. The number of pyridine rings is 1. The average Bonchev–Trinajstić information content (AvgIpc) is 2.62. The Morgan fingerprint density at radius 2 is 1.70 bits per heavy atom. The summed E-state index contributed by atoms with van der Waals surface area (Å²) < 4.78 is 43.1. The van der Waals surface area contributed by atoms with Crippen molar-refractivity contribution in [1.29, 1.82) is 0 Å². The molecule has 27 heavy (non-hydrogen) atoms. The fraction of sp³-hybridized carbons (Fsp3) is 0.190. The van der Waals surface area contributed by atoms with Crippen molar-refractivity contribution in [3.8, 4) is 5.75 Å². The highest BCUT2D eigenvalue weighted by Crippen LogP contribution is 2.37. The first kappa shape index (κ1) is 19.7. The van der Waals surface area contributed by atoms with Gasteiger partial charge in [0.05, 0.1) is 5.69 Å². The lowest BCUT2D eigenvalue weighted by molar-refractivity contribution is -0.274. The van der Waals surface area contributed by atoms with Gasteiger partial charge in [-0.3, -0.25) is 4.98 Å². The molecule has 0 aliphatic carbocycles. The number of benzene rings is 2. The van der Waals surface area contributed by atoms with E-state index < -0.39 is 11.8 Å². The molecule has 3 aromatic rings. The van der Waals surface area contributed by atoms with E-state index in [1.807, 2.05) is 55.5 Å². The predicted octanol–water partition coefficient (Wildman–Crippen LogP) is 6.13. The fourth-order valence-corrected chi connectivity index (χ4v) is 3.40. The Kier molecular flexibility index (Phi) is 5.74. The van der Waals surface area contributed by atoms with Gasteiger partial charge in [-0.2, -0.15) is 0 Å². The van der Waals surface area contributed by atoms with E-state index in [9.17, 15) is 13.2 Å². The van der Waals surface area contributed by atoms with Gasteiger partial charge in [0, 0.05) is 15.2 Å². The molecule has 2 aromatic carbocycles. The molecule has 0 fully saturated rings. The van der Waals surface area contributed by atoms with Gasteiger partial charge in [0.25, 0.3) is 0 Å². The Morgan fingerprint density at radius 1 is 0.963 bits per heavy atom. The molecule has 0 aliphatic heterocycles. The maximum Gasteiger partial charge on any atom is 0.573 e. The molecule has 0 unspecified atom stereocenters. The van der Waals surface area contributed by atoms with Gasteiger partial charge in [0.15, 0.2) is 0 Å². The van der Waals surface area contributed by atoms with Crippen LogP contribution in [0.5, 0.6) is 5.75 Å². The highest BCUT2D eigenvalue weighted by Gasteiger charge is 2.34. The van der Waals surface area contributed by atoms with Gasteiger partial charge in [-0.15, -0.1) is 13.2 Å². The van der Waals surface area contributed by atoms with Crippen LogP contribution in [0.3, 0.4) is 0 Å². The molecule has 0 radical (unpaired) electrons. The number of hydrogen-bond donors (Lipinski definition) is 0. The summed E-state index contributed by atoms with van der Waals surface area (Å²) in [6.45, 7) is 1.99. The quantitative estimate of drug-likeness (QED) is 0.408. The van der Waals surface area contributed by atoms with Crippen LogP contribution < -0.4 is 4.74 Å². The topological polar surface area (TPSA) is 22.1 Å². The molecule has 2 nitrogen and oxygen atoms in total. The summed E-state index contributed by atoms with van der Waals surface area (Å²) >= 11 is 2.18. The Balaban J connectivity index is 2.07. The largest absolute Gasteiger partial charge is 0.573 e. The summed E-state index contributed by atoms with van der Waals surface area (Å²) in [4.78, 5) is 4.56. The van der Waals surface area contributed by atoms with Crippen LogP contribution in [-0.4, -0.2) is 11.3 Å². The minimum atomic E-state index is -4.73. The van der Waals surface area contributed by atoms with Crippen molar-refractivity contribution in [3.05, 3.63) is 93.3 Å². The van der Waals surface area contributed by atoms with Crippen molar-refractivity contribution < 1.29 is 17.9 Å². The smallest absolute Gasteiger partial charge is 0.406 e. The molecule has 0 amide bonds. The SMILES string of the molecule is C[C@](Cc1ccccc1)(c1cccc(OC(F)(F)F)c1)c1ccc(I)cn1. The van der Waals surface area contributed by atoms with Gasteiger partial charge in [0.1, 0.15) is 5.75 Å². The van der Waals surface area contributed by atoms with Crippen LogP contribution in [0, 0.1) is 3.57 Å². The third kappa shape index (κ3) is 5.00. The molecule has 0 saturated heterocycles. The zero-order chi connectivity index (χ0) is 19.5. The molecule has 0 bridgehead atoms. The first-order valence-corrected chi connectivity index (χ1v) is 9.36. The van der Waals surface area contributed by atoms with Crippen LogP contribution in [0.2, 0.25) is 0 Å². The molecule has 0 saturated carbocycles. The zero-order valence-corrected chi connectivity index (χ0v) is 16.7. The summed E-state index contributed by atoms with van der Waals surface area (Å²) in [6.07, 6.45) is -2.37. The van der Waals surface area contributed by atoms with Crippen LogP contribution in [0.25, 0.3) is 0 Å². The Morgan fingerprint density at radius 3 is 2.33 bits per heavy atom. The van der Waals surface area contributed by atoms with Crippen LogP contribution in [0.15, 0.2) is 72.9 Å². The summed E-state index contributed by atoms with van der Waals surface area (Å²) in [5.41, 5.74) is 1.96. The Labute approximate surface area is 169 Å². The normalized spacial score (nSPS) is 13.8. The van der Waals surface area contributed by atoms with Gasteiger partial charge in [0.2, 0.25) is 0 Å². The fourth-order valence-electron chi connectivity index (χ4n) is 3.08. The van der Waals surface area contributed by atoms with E-state index in [2.05, 4.69) is 32.3 Å². The van der Waals surface area contributed by atoms with Crippen LogP contribution in [0.4, 0.5) is 13.2 Å². The molecular weight excluding hydrogens is 466 g/mol. The second-order valence-corrected chi connectivity index (χ2v) is 7.68. The van der Waals surface area contributed by atoms with Gasteiger partial charge < -0.3 is 4.74 Å². The molecule has 3 rings (SSSR count). The molecule has 1 atom stereocenters. The van der Waals surface area contributed by atoms with Crippen LogP contribution in [-0.2, 0) is 11.8 Å². The minimum Gasteiger partial charge on any atom is -0.406 e. The van der Waals surface area contributed by atoms with E-state index in [0.29, 0.717) is 12.0 Å². The molecule has 0 N–H and O–H groups in total. The highest BCUT2D eigenvalue weighted by atomic mass is 127. The van der Waals surface area contributed by atoms with Crippen LogP contribution >= 0.6 is 22.6 Å². The van der Waals surface area contributed by atoms with E-state index in [4.69, 9.17) is 0 Å². The summed E-state index contributed by atoms with van der Waals surface area (Å²) in [7, 11) is 0. The molecule has 1 aromatic heterocycles. The maximum absolute atomic E-state index is 12.6. The Hall–Kier alpha value is -2.09. The molecule has 6 heteroatoms. The van der Waals surface area contributed by atoms with Crippen molar-refractivity contribution >= 4 is 22.6 Å². The number of nitrogens with zero attached hydrogens (tertiary/aromatic N) is 1. The number of hydrogen-bond acceptors (Lipinski definition) is 2. The summed E-state index contributed by atoms with van der Waals surface area (Å²) in [6, 6.07) is 19.8. The predicted molar refractivity (Wildman–Crippen MR) is 107 cm³/mol. The monoisotopic (exact) mass is 483 g/mol. The van der Waals surface area contributed by atoms with Crippen LogP contribution in [0.1, 0.15) is 23.7 Å². The lowest BCUT2D eigenvalue weighted by Gasteiger charge is -2.30. The third-order valence-corrected chi connectivity index (χ3v) is 5.04. The van der Waals surface area contributed by atoms with E-state index >= 15 is 0 Å². The van der Waals surface area contributed by atoms with E-state index in [1.165, 1.54) is 12.1 Å². The molecule has 1 heterocycles. The Bertz CT molecular complexity index is 897. The maximum atomic E-state index is 12.6. The summed E-state index contributed by atoms with van der Waals surface area (Å²) in [5.74, 6) is -0.232. The lowest BCUT2D eigenvalue weighted by Crippen LogP contribution is -2.28. The van der Waals surface area contributed by atoms with Crippen molar-refractivity contribution in [2.75, 3.05) is 0 Å². The molecular formula is C21H17F3INO. The number of aromatic nitrogens is 1. The molecule has 0 spiro atoms. The first-order chi connectivity index (χ1) is 12.8. The van der Waals surface area contributed by atoms with E-state index in [1.54, 1.807) is 12.3 Å². The number of rotatable bonds is 5. The first-order valence-electron chi connectivity index (χ1n) is 8.28. The van der Waals surface area contributed by atoms with Gasteiger partial charge in [-0.1, -0.05) is 42.5 Å². The minimum absolute atomic E-state index is 0.232. The summed E-state index contributed by atoms with van der Waals surface area (Å²) in [5, 5.41) is 0. The van der Waals surface area contributed by atoms with Crippen molar-refractivity contribution in [2.45, 2.75) is 25.1 Å². The number of alkyl halides is 3. The van der Waals surface area contributed by atoms with E-state index in [0.717, 1.165) is 14.8 Å². The highest BCUT2D eigenvalue weighted by molar-refractivity contribution is 14.1. The number of halogens is 4. The van der Waals surface area contributed by atoms with Crippen molar-refractivity contribution in [1.82, 2.24) is 4.98 Å². The average molecular weight is 483 g/mol. The standard InChI is InChI=1S/C21H17F3INO/c1-20(13-15-6-3-2-4-7-15,19-11-10-17(25)14-26-19)16-8-5-9-18(12-16)27-21(22,23)24/h2-12,14H,13H2,1H3/t20-/m0/s1.